The van der Waals surface area contributed by atoms with Gasteiger partial charge in [0.05, 0.1) is 18.9 Å². The number of benzene rings is 2. The van der Waals surface area contributed by atoms with Crippen molar-refractivity contribution in [3.05, 3.63) is 79.7 Å². The number of aromatic nitrogens is 1. The number of hydrogen-bond acceptors (Lipinski definition) is 3. The smallest absolute Gasteiger partial charge is 0.275 e. The van der Waals surface area contributed by atoms with E-state index in [9.17, 15) is 4.79 Å². The number of amides is 1. The average molecular weight is 501 g/mol. The molecule has 150 valence electrons. The number of nitrogens with zero attached hydrogens (tertiary/aromatic N) is 2. The van der Waals surface area contributed by atoms with Crippen LogP contribution in [0.15, 0.2) is 47.6 Å². The fraction of sp³-hybridized carbons (Fsp3) is 0.217. The van der Waals surface area contributed by atoms with Crippen molar-refractivity contribution < 1.29 is 9.53 Å². The second-order valence-electron chi connectivity index (χ2n) is 7.00. The van der Waals surface area contributed by atoms with Crippen molar-refractivity contribution in [2.24, 2.45) is 5.10 Å². The van der Waals surface area contributed by atoms with Crippen LogP contribution in [0, 0.1) is 31.3 Å². The van der Waals surface area contributed by atoms with Gasteiger partial charge in [0.25, 0.3) is 5.91 Å². The highest BCUT2D eigenvalue weighted by Gasteiger charge is 2.13. The zero-order valence-electron chi connectivity index (χ0n) is 17.2. The molecule has 0 aliphatic carbocycles. The number of methoxy groups -OCH3 is 1. The van der Waals surface area contributed by atoms with E-state index in [1.807, 2.05) is 26.0 Å². The zero-order chi connectivity index (χ0) is 21.1. The molecule has 3 aromatic rings. The van der Waals surface area contributed by atoms with Crippen molar-refractivity contribution in [1.82, 2.24) is 9.99 Å². The summed E-state index contributed by atoms with van der Waals surface area (Å²) >= 11 is 2.34. The highest BCUT2D eigenvalue weighted by molar-refractivity contribution is 14.1. The van der Waals surface area contributed by atoms with Crippen LogP contribution in [0.3, 0.4) is 0 Å². The molecule has 0 radical (unpaired) electrons. The Morgan fingerprint density at radius 3 is 2.55 bits per heavy atom. The third-order valence-electron chi connectivity index (χ3n) is 4.84. The van der Waals surface area contributed by atoms with Crippen LogP contribution in [0.1, 0.15) is 38.4 Å². The van der Waals surface area contributed by atoms with E-state index in [2.05, 4.69) is 75.8 Å². The van der Waals surface area contributed by atoms with Crippen molar-refractivity contribution >= 4 is 34.7 Å². The molecule has 6 heteroatoms. The maximum absolute atomic E-state index is 12.5. The first-order valence-electron chi connectivity index (χ1n) is 9.25. The normalized spacial score (nSPS) is 11.1. The van der Waals surface area contributed by atoms with Crippen LogP contribution >= 0.6 is 22.6 Å². The van der Waals surface area contributed by atoms with Gasteiger partial charge >= 0.3 is 0 Å². The number of halogens is 1. The Morgan fingerprint density at radius 1 is 1.10 bits per heavy atom. The molecule has 1 heterocycles. The van der Waals surface area contributed by atoms with E-state index >= 15 is 0 Å². The van der Waals surface area contributed by atoms with Gasteiger partial charge in [0.2, 0.25) is 0 Å². The lowest BCUT2D eigenvalue weighted by atomic mass is 10.1. The molecule has 29 heavy (non-hydrogen) atoms. The minimum absolute atomic E-state index is 0.305. The van der Waals surface area contributed by atoms with E-state index in [0.29, 0.717) is 11.3 Å². The van der Waals surface area contributed by atoms with Crippen LogP contribution < -0.4 is 10.2 Å². The van der Waals surface area contributed by atoms with Crippen LogP contribution in [-0.4, -0.2) is 23.8 Å². The lowest BCUT2D eigenvalue weighted by molar-refractivity contribution is 0.0952. The maximum atomic E-state index is 12.5. The van der Waals surface area contributed by atoms with E-state index in [-0.39, 0.29) is 5.91 Å². The number of rotatable bonds is 5. The van der Waals surface area contributed by atoms with Crippen molar-refractivity contribution in [2.45, 2.75) is 27.7 Å². The Morgan fingerprint density at radius 2 is 1.86 bits per heavy atom. The number of carbonyl (C=O) groups excluding carboxylic acids is 1. The summed E-state index contributed by atoms with van der Waals surface area (Å²) in [5.74, 6) is 0.227. The van der Waals surface area contributed by atoms with E-state index in [1.165, 1.54) is 9.13 Å². The third-order valence-corrected chi connectivity index (χ3v) is 6.05. The molecular formula is C23H24IN3O2. The third kappa shape index (κ3) is 4.53. The number of hydrazone groups is 1. The van der Waals surface area contributed by atoms with Gasteiger partial charge in [0.15, 0.2) is 0 Å². The second kappa shape index (κ2) is 8.82. The molecule has 0 aliphatic heterocycles. The monoisotopic (exact) mass is 501 g/mol. The van der Waals surface area contributed by atoms with Crippen molar-refractivity contribution in [3.63, 3.8) is 0 Å². The molecule has 0 unspecified atom stereocenters. The van der Waals surface area contributed by atoms with Crippen LogP contribution in [0.5, 0.6) is 5.75 Å². The first-order chi connectivity index (χ1) is 13.8. The van der Waals surface area contributed by atoms with Crippen molar-refractivity contribution in [3.8, 4) is 11.4 Å². The Kier molecular flexibility index (Phi) is 6.42. The Hall–Kier alpha value is -2.61. The van der Waals surface area contributed by atoms with Crippen molar-refractivity contribution in [2.75, 3.05) is 7.11 Å². The van der Waals surface area contributed by atoms with Gasteiger partial charge in [-0.15, -0.1) is 0 Å². The highest BCUT2D eigenvalue weighted by Crippen LogP contribution is 2.23. The summed E-state index contributed by atoms with van der Waals surface area (Å²) in [6, 6.07) is 13.9. The predicted molar refractivity (Wildman–Crippen MR) is 125 cm³/mol. The van der Waals surface area contributed by atoms with Gasteiger partial charge in [-0.25, -0.2) is 5.43 Å². The van der Waals surface area contributed by atoms with Gasteiger partial charge in [-0.3, -0.25) is 4.79 Å². The Bertz CT molecular complexity index is 1100. The van der Waals surface area contributed by atoms with Crippen LogP contribution in [0.25, 0.3) is 5.69 Å². The second-order valence-corrected chi connectivity index (χ2v) is 8.16. The molecule has 1 aromatic heterocycles. The van der Waals surface area contributed by atoms with Gasteiger partial charge in [-0.2, -0.15) is 5.10 Å². The van der Waals surface area contributed by atoms with E-state index in [0.717, 1.165) is 28.2 Å². The van der Waals surface area contributed by atoms with Gasteiger partial charge in [-0.05, 0) is 97.8 Å². The van der Waals surface area contributed by atoms with E-state index < -0.39 is 0 Å². The summed E-state index contributed by atoms with van der Waals surface area (Å²) in [7, 11) is 1.55. The quantitative estimate of drug-likeness (QED) is 0.301. The van der Waals surface area contributed by atoms with Gasteiger partial charge < -0.3 is 9.30 Å². The molecule has 3 rings (SSSR count). The molecule has 0 saturated carbocycles. The van der Waals surface area contributed by atoms with E-state index in [4.69, 9.17) is 4.74 Å². The summed E-state index contributed by atoms with van der Waals surface area (Å²) in [4.78, 5) is 12.5. The maximum Gasteiger partial charge on any atom is 0.275 e. The van der Waals surface area contributed by atoms with Gasteiger partial charge in [0.1, 0.15) is 5.75 Å². The minimum atomic E-state index is -0.305. The Labute approximate surface area is 184 Å². The molecule has 5 nitrogen and oxygen atoms in total. The summed E-state index contributed by atoms with van der Waals surface area (Å²) < 4.78 is 8.73. The minimum Gasteiger partial charge on any atom is -0.496 e. The highest BCUT2D eigenvalue weighted by atomic mass is 127. The lowest BCUT2D eigenvalue weighted by Gasteiger charge is -2.11. The number of hydrogen-bond donors (Lipinski definition) is 1. The molecule has 0 spiro atoms. The zero-order valence-corrected chi connectivity index (χ0v) is 19.4. The molecule has 0 atom stereocenters. The fourth-order valence-electron chi connectivity index (χ4n) is 3.29. The molecule has 0 bridgehead atoms. The average Bonchev–Trinajstić information content (AvgIpc) is 2.97. The van der Waals surface area contributed by atoms with Crippen LogP contribution in [0.4, 0.5) is 0 Å². The lowest BCUT2D eigenvalue weighted by Crippen LogP contribution is -2.18. The van der Waals surface area contributed by atoms with E-state index in [1.54, 1.807) is 19.4 Å². The predicted octanol–water partition coefficient (Wildman–Crippen LogP) is 5.09. The first kappa shape index (κ1) is 21.1. The van der Waals surface area contributed by atoms with Crippen LogP contribution in [0.2, 0.25) is 0 Å². The van der Waals surface area contributed by atoms with Gasteiger partial charge in [-0.1, -0.05) is 6.07 Å². The largest absolute Gasteiger partial charge is 0.496 e. The standard InChI is InChI=1S/C23H24IN3O2/c1-14-6-8-20(22(10-14)29-5)23(28)26-25-13-18-12-16(3)27(17(18)4)19-7-9-21(24)15(2)11-19/h6-13H,1-5H3,(H,26,28)/b25-13-. The number of carbonyl (C=O) groups is 1. The summed E-state index contributed by atoms with van der Waals surface area (Å²) in [5, 5.41) is 4.16. The number of nitrogens with one attached hydrogen (secondary N) is 1. The molecule has 0 saturated heterocycles. The molecule has 1 amide bonds. The number of ether oxygens (including phenoxy) is 1. The van der Waals surface area contributed by atoms with Gasteiger partial charge in [0, 0.05) is 26.2 Å². The molecule has 2 aromatic carbocycles. The topological polar surface area (TPSA) is 55.6 Å². The molecular weight excluding hydrogens is 477 g/mol. The molecule has 1 N–H and O–H groups in total. The fourth-order valence-corrected chi connectivity index (χ4v) is 3.63. The molecule has 0 fully saturated rings. The number of aryl methyl sites for hydroxylation is 3. The SMILES string of the molecule is COc1cc(C)ccc1C(=O)N/N=C\c1cc(C)n(-c2ccc(I)c(C)c2)c1C. The summed E-state index contributed by atoms with van der Waals surface area (Å²) in [5.41, 5.74) is 9.56. The summed E-state index contributed by atoms with van der Waals surface area (Å²) in [6.45, 7) is 8.17. The Balaban J connectivity index is 1.81. The molecule has 0 aliphatic rings. The van der Waals surface area contributed by atoms with Crippen LogP contribution in [-0.2, 0) is 0 Å². The summed E-state index contributed by atoms with van der Waals surface area (Å²) in [6.07, 6.45) is 1.68. The van der Waals surface area contributed by atoms with Crippen molar-refractivity contribution in [1.29, 1.82) is 0 Å². The first-order valence-corrected chi connectivity index (χ1v) is 10.3.